The van der Waals surface area contributed by atoms with E-state index in [1.807, 2.05) is 0 Å². The second kappa shape index (κ2) is 4.71. The van der Waals surface area contributed by atoms with Gasteiger partial charge in [0, 0.05) is 26.3 Å². The monoisotopic (exact) mass is 143 g/mol. The van der Waals surface area contributed by atoms with Crippen LogP contribution in [0.2, 0.25) is 6.32 Å². The van der Waals surface area contributed by atoms with Crippen molar-refractivity contribution < 1.29 is 9.31 Å². The Kier molecular flexibility index (Phi) is 3.79. The Balaban J connectivity index is 2.16. The number of hydrogen-bond acceptors (Lipinski definition) is 3. The first kappa shape index (κ1) is 8.05. The Bertz CT molecular complexity index is 83.8. The van der Waals surface area contributed by atoms with Crippen LogP contribution in [-0.4, -0.2) is 33.4 Å². The molecule has 3 nitrogen and oxygen atoms in total. The predicted molar refractivity (Wildman–Crippen MR) is 41.0 cm³/mol. The zero-order valence-corrected chi connectivity index (χ0v) is 6.43. The van der Waals surface area contributed by atoms with E-state index in [4.69, 9.17) is 9.31 Å². The summed E-state index contributed by atoms with van der Waals surface area (Å²) < 4.78 is 10.7. The smallest absolute Gasteiger partial charge is 0.410 e. The second-order valence-corrected chi connectivity index (χ2v) is 2.33. The molecule has 1 aliphatic rings. The summed E-state index contributed by atoms with van der Waals surface area (Å²) in [6.07, 6.45) is 0.944. The van der Waals surface area contributed by atoms with Crippen LogP contribution in [0, 0.1) is 0 Å². The Morgan fingerprint density at radius 3 is 2.40 bits per heavy atom. The molecule has 0 atom stereocenters. The first-order chi connectivity index (χ1) is 4.93. The summed E-state index contributed by atoms with van der Waals surface area (Å²) in [5, 5.41) is 3.18. The summed E-state index contributed by atoms with van der Waals surface area (Å²) in [6.45, 7) is 5.48. The van der Waals surface area contributed by atoms with Gasteiger partial charge in [0.05, 0.1) is 0 Å². The molecule has 1 rings (SSSR count). The van der Waals surface area contributed by atoms with Crippen LogP contribution in [-0.2, 0) is 9.31 Å². The molecule has 1 heterocycles. The lowest BCUT2D eigenvalue weighted by molar-refractivity contribution is 0.178. The van der Waals surface area contributed by atoms with Gasteiger partial charge in [-0.25, -0.2) is 0 Å². The number of hydrogen-bond donors (Lipinski definition) is 1. The zero-order valence-electron chi connectivity index (χ0n) is 6.43. The summed E-state index contributed by atoms with van der Waals surface area (Å²) >= 11 is 0. The third kappa shape index (κ3) is 2.69. The van der Waals surface area contributed by atoms with Crippen molar-refractivity contribution in [2.24, 2.45) is 0 Å². The molecule has 0 aromatic heterocycles. The van der Waals surface area contributed by atoms with Crippen molar-refractivity contribution in [2.45, 2.75) is 13.2 Å². The van der Waals surface area contributed by atoms with Gasteiger partial charge in [0.1, 0.15) is 0 Å². The van der Waals surface area contributed by atoms with Crippen molar-refractivity contribution in [1.29, 1.82) is 0 Å². The van der Waals surface area contributed by atoms with E-state index < -0.39 is 0 Å². The molecule has 0 bridgehead atoms. The number of rotatable bonds is 1. The van der Waals surface area contributed by atoms with Crippen molar-refractivity contribution in [1.82, 2.24) is 5.32 Å². The van der Waals surface area contributed by atoms with Gasteiger partial charge < -0.3 is 14.6 Å². The highest BCUT2D eigenvalue weighted by Gasteiger charge is 2.15. The topological polar surface area (TPSA) is 30.5 Å². The van der Waals surface area contributed by atoms with Crippen LogP contribution in [0.3, 0.4) is 0 Å². The first-order valence-corrected chi connectivity index (χ1v) is 3.87. The van der Waals surface area contributed by atoms with Crippen molar-refractivity contribution in [3.63, 3.8) is 0 Å². The molecule has 0 aromatic carbocycles. The Labute approximate surface area is 62.2 Å². The Morgan fingerprint density at radius 1 is 1.30 bits per heavy atom. The Morgan fingerprint density at radius 2 is 1.90 bits per heavy atom. The van der Waals surface area contributed by atoms with Crippen molar-refractivity contribution >= 4 is 7.12 Å². The quantitative estimate of drug-likeness (QED) is 0.529. The molecule has 10 heavy (non-hydrogen) atoms. The summed E-state index contributed by atoms with van der Waals surface area (Å²) in [5.74, 6) is 0. The van der Waals surface area contributed by atoms with Crippen LogP contribution in [0.25, 0.3) is 0 Å². The van der Waals surface area contributed by atoms with Crippen molar-refractivity contribution in [2.75, 3.05) is 26.3 Å². The fraction of sp³-hybridized carbons (Fsp3) is 1.00. The lowest BCUT2D eigenvalue weighted by atomic mass is 9.86. The molecule has 0 saturated carbocycles. The molecule has 4 heteroatoms. The molecule has 0 amide bonds. The fourth-order valence-corrected chi connectivity index (χ4v) is 0.934. The molecule has 1 saturated heterocycles. The van der Waals surface area contributed by atoms with Gasteiger partial charge in [-0.2, -0.15) is 0 Å². The van der Waals surface area contributed by atoms with Crippen LogP contribution in [0.4, 0.5) is 0 Å². The molecular formula is C6H14BNO2. The SMILES string of the molecule is CCB1OCCNCCO1. The van der Waals surface area contributed by atoms with Crippen LogP contribution in [0.15, 0.2) is 0 Å². The average molecular weight is 143 g/mol. The minimum Gasteiger partial charge on any atom is -0.410 e. The van der Waals surface area contributed by atoms with Gasteiger partial charge in [0.15, 0.2) is 0 Å². The maximum Gasteiger partial charge on any atom is 0.456 e. The van der Waals surface area contributed by atoms with Gasteiger partial charge in [-0.1, -0.05) is 6.92 Å². The lowest BCUT2D eigenvalue weighted by Gasteiger charge is -2.16. The van der Waals surface area contributed by atoms with Gasteiger partial charge in [-0.15, -0.1) is 0 Å². The van der Waals surface area contributed by atoms with Crippen LogP contribution in [0.1, 0.15) is 6.92 Å². The Hall–Kier alpha value is -0.0551. The average Bonchev–Trinajstić information content (AvgIpc) is 1.87. The van der Waals surface area contributed by atoms with Gasteiger partial charge in [0.2, 0.25) is 0 Å². The molecule has 0 aromatic rings. The largest absolute Gasteiger partial charge is 0.456 e. The summed E-state index contributed by atoms with van der Waals surface area (Å²) in [7, 11) is 0.0297. The van der Waals surface area contributed by atoms with Crippen LogP contribution >= 0.6 is 0 Å². The molecule has 1 N–H and O–H groups in total. The van der Waals surface area contributed by atoms with Gasteiger partial charge in [-0.05, 0) is 6.32 Å². The van der Waals surface area contributed by atoms with E-state index in [0.717, 1.165) is 32.6 Å². The first-order valence-electron chi connectivity index (χ1n) is 3.87. The normalized spacial score (nSPS) is 21.9. The maximum absolute atomic E-state index is 5.35. The lowest BCUT2D eigenvalue weighted by Crippen LogP contribution is -2.35. The molecule has 0 spiro atoms. The standard InChI is InChI=1S/C6H14BNO2/c1-2-7-9-5-3-8-4-6-10-7/h8H,2-6H2,1H3. The third-order valence-corrected chi connectivity index (χ3v) is 1.50. The third-order valence-electron chi connectivity index (χ3n) is 1.50. The summed E-state index contributed by atoms with van der Waals surface area (Å²) in [5.41, 5.74) is 0. The number of nitrogens with one attached hydrogen (secondary N) is 1. The predicted octanol–water partition coefficient (Wildman–Crippen LogP) is 0.131. The van der Waals surface area contributed by atoms with Crippen molar-refractivity contribution in [3.8, 4) is 0 Å². The van der Waals surface area contributed by atoms with E-state index in [1.165, 1.54) is 0 Å². The highest BCUT2D eigenvalue weighted by molar-refractivity contribution is 6.44. The molecule has 0 aliphatic carbocycles. The second-order valence-electron chi connectivity index (χ2n) is 2.33. The molecule has 1 aliphatic heterocycles. The molecule has 0 unspecified atom stereocenters. The van der Waals surface area contributed by atoms with Crippen LogP contribution < -0.4 is 5.32 Å². The highest BCUT2D eigenvalue weighted by Crippen LogP contribution is 1.96. The molecular weight excluding hydrogens is 129 g/mol. The fourth-order valence-electron chi connectivity index (χ4n) is 0.934. The van der Waals surface area contributed by atoms with Crippen molar-refractivity contribution in [3.05, 3.63) is 0 Å². The van der Waals surface area contributed by atoms with Gasteiger partial charge >= 0.3 is 7.12 Å². The molecule has 58 valence electrons. The van der Waals surface area contributed by atoms with Gasteiger partial charge in [-0.3, -0.25) is 0 Å². The van der Waals surface area contributed by atoms with E-state index in [1.54, 1.807) is 0 Å². The molecule has 1 fully saturated rings. The van der Waals surface area contributed by atoms with Gasteiger partial charge in [0.25, 0.3) is 0 Å². The minimum absolute atomic E-state index is 0.0297. The summed E-state index contributed by atoms with van der Waals surface area (Å²) in [4.78, 5) is 0. The van der Waals surface area contributed by atoms with E-state index in [0.29, 0.717) is 0 Å². The molecule has 0 radical (unpaired) electrons. The highest BCUT2D eigenvalue weighted by atomic mass is 16.6. The zero-order chi connectivity index (χ0) is 7.23. The van der Waals surface area contributed by atoms with E-state index in [2.05, 4.69) is 12.2 Å². The minimum atomic E-state index is 0.0297. The van der Waals surface area contributed by atoms with E-state index >= 15 is 0 Å². The maximum atomic E-state index is 5.35. The van der Waals surface area contributed by atoms with E-state index in [-0.39, 0.29) is 7.12 Å². The van der Waals surface area contributed by atoms with E-state index in [9.17, 15) is 0 Å². The van der Waals surface area contributed by atoms with Crippen LogP contribution in [0.5, 0.6) is 0 Å². The summed E-state index contributed by atoms with van der Waals surface area (Å²) in [6, 6.07) is 0.